The predicted octanol–water partition coefficient (Wildman–Crippen LogP) is 4.04. The van der Waals surface area contributed by atoms with Gasteiger partial charge in [0.15, 0.2) is 0 Å². The molecular formula is C24H27NO4S. The number of aldehydes is 1. The predicted molar refractivity (Wildman–Crippen MR) is 117 cm³/mol. The van der Waals surface area contributed by atoms with Crippen LogP contribution in [-0.2, 0) is 20.2 Å². The lowest BCUT2D eigenvalue weighted by molar-refractivity contribution is -0.112. The van der Waals surface area contributed by atoms with Gasteiger partial charge in [-0.15, -0.1) is 0 Å². The molecule has 0 aromatic heterocycles. The molecule has 2 aliphatic rings. The quantitative estimate of drug-likeness (QED) is 0.678. The van der Waals surface area contributed by atoms with Crippen LogP contribution in [0.25, 0.3) is 5.57 Å². The molecule has 1 fully saturated rings. The van der Waals surface area contributed by atoms with Crippen molar-refractivity contribution in [2.75, 3.05) is 20.2 Å². The van der Waals surface area contributed by atoms with Crippen LogP contribution in [0.4, 0.5) is 0 Å². The van der Waals surface area contributed by atoms with E-state index in [9.17, 15) is 13.2 Å². The summed E-state index contributed by atoms with van der Waals surface area (Å²) in [7, 11) is -2.00. The average molecular weight is 426 g/mol. The third-order valence-corrected chi connectivity index (χ3v) is 8.39. The Morgan fingerprint density at radius 3 is 2.27 bits per heavy atom. The zero-order chi connectivity index (χ0) is 21.6. The van der Waals surface area contributed by atoms with Crippen LogP contribution in [0, 0.1) is 5.41 Å². The number of sulfonamides is 1. The van der Waals surface area contributed by atoms with Crippen molar-refractivity contribution in [2.45, 2.75) is 37.0 Å². The van der Waals surface area contributed by atoms with Crippen LogP contribution in [0.15, 0.2) is 59.5 Å². The first-order valence-corrected chi connectivity index (χ1v) is 11.6. The zero-order valence-electron chi connectivity index (χ0n) is 17.6. The summed E-state index contributed by atoms with van der Waals surface area (Å²) in [6, 6.07) is 14.7. The number of nitrogens with zero attached hydrogens (tertiary/aromatic N) is 1. The van der Waals surface area contributed by atoms with Gasteiger partial charge in [0, 0.05) is 23.9 Å². The number of rotatable bonds is 5. The Morgan fingerprint density at radius 2 is 1.67 bits per heavy atom. The van der Waals surface area contributed by atoms with Crippen molar-refractivity contribution in [1.29, 1.82) is 0 Å². The second-order valence-electron chi connectivity index (χ2n) is 8.68. The van der Waals surface area contributed by atoms with E-state index in [-0.39, 0.29) is 10.3 Å². The van der Waals surface area contributed by atoms with Gasteiger partial charge in [0.05, 0.1) is 12.0 Å². The number of carbonyl (C=O) groups excluding carboxylic acids is 1. The highest BCUT2D eigenvalue weighted by Gasteiger charge is 2.45. The molecule has 0 N–H and O–H groups in total. The molecule has 158 valence electrons. The number of ether oxygens (including phenoxy) is 1. The Morgan fingerprint density at radius 1 is 1.03 bits per heavy atom. The maximum atomic E-state index is 13.1. The van der Waals surface area contributed by atoms with Crippen LogP contribution in [0.3, 0.4) is 0 Å². The molecule has 2 aromatic rings. The summed E-state index contributed by atoms with van der Waals surface area (Å²) in [5.74, 6) is 0.629. The molecule has 4 rings (SSSR count). The van der Waals surface area contributed by atoms with E-state index >= 15 is 0 Å². The smallest absolute Gasteiger partial charge is 0.243 e. The standard InChI is InChI=1S/C24H27NO4S/c1-23(2,17-26)22-16-24(21-7-5-4-6-20(21)22)12-14-25(15-13-24)30(27,28)19-10-8-18(29-3)9-11-19/h4-11,16-17H,12-15H2,1-3H3. The van der Waals surface area contributed by atoms with Crippen LogP contribution in [0.2, 0.25) is 0 Å². The maximum Gasteiger partial charge on any atom is 0.243 e. The van der Waals surface area contributed by atoms with Crippen LogP contribution in [-0.4, -0.2) is 39.2 Å². The van der Waals surface area contributed by atoms with E-state index in [4.69, 9.17) is 4.74 Å². The molecule has 1 heterocycles. The zero-order valence-corrected chi connectivity index (χ0v) is 18.4. The summed E-state index contributed by atoms with van der Waals surface area (Å²) >= 11 is 0. The molecule has 6 heteroatoms. The summed E-state index contributed by atoms with van der Waals surface area (Å²) in [6.07, 6.45) is 4.61. The first kappa shape index (κ1) is 20.8. The summed E-state index contributed by atoms with van der Waals surface area (Å²) < 4.78 is 33.0. The van der Waals surface area contributed by atoms with Gasteiger partial charge in [0.2, 0.25) is 10.0 Å². The molecular weight excluding hydrogens is 398 g/mol. The highest BCUT2D eigenvalue weighted by molar-refractivity contribution is 7.89. The lowest BCUT2D eigenvalue weighted by Gasteiger charge is -2.38. The first-order chi connectivity index (χ1) is 14.2. The van der Waals surface area contributed by atoms with Gasteiger partial charge in [0.1, 0.15) is 12.0 Å². The summed E-state index contributed by atoms with van der Waals surface area (Å²) in [4.78, 5) is 12.0. The molecule has 0 unspecified atom stereocenters. The van der Waals surface area contributed by atoms with Gasteiger partial charge in [-0.05, 0) is 67.7 Å². The molecule has 5 nitrogen and oxygen atoms in total. The summed E-state index contributed by atoms with van der Waals surface area (Å²) in [5.41, 5.74) is 2.56. The Balaban J connectivity index is 1.63. The molecule has 0 atom stereocenters. The molecule has 2 aromatic carbocycles. The van der Waals surface area contributed by atoms with Crippen LogP contribution < -0.4 is 4.74 Å². The van der Waals surface area contributed by atoms with Crippen molar-refractivity contribution in [1.82, 2.24) is 4.31 Å². The molecule has 0 bridgehead atoms. The van der Waals surface area contributed by atoms with Gasteiger partial charge in [-0.1, -0.05) is 30.3 Å². The van der Waals surface area contributed by atoms with Crippen molar-refractivity contribution in [3.05, 3.63) is 65.7 Å². The second kappa shape index (κ2) is 7.36. The van der Waals surface area contributed by atoms with Crippen molar-refractivity contribution in [2.24, 2.45) is 5.41 Å². The van der Waals surface area contributed by atoms with E-state index in [1.54, 1.807) is 35.7 Å². The van der Waals surface area contributed by atoms with Crippen LogP contribution >= 0.6 is 0 Å². The van der Waals surface area contributed by atoms with Crippen molar-refractivity contribution in [3.8, 4) is 5.75 Å². The fourth-order valence-electron chi connectivity index (χ4n) is 4.62. The normalized spacial score (nSPS) is 18.7. The number of benzene rings is 2. The highest BCUT2D eigenvalue weighted by atomic mass is 32.2. The van der Waals surface area contributed by atoms with E-state index in [0.29, 0.717) is 31.7 Å². The van der Waals surface area contributed by atoms with Gasteiger partial charge in [0.25, 0.3) is 0 Å². The Bertz CT molecular complexity index is 1090. The van der Waals surface area contributed by atoms with Crippen LogP contribution in [0.1, 0.15) is 37.8 Å². The molecule has 0 amide bonds. The topological polar surface area (TPSA) is 63.7 Å². The average Bonchev–Trinajstić information content (AvgIpc) is 3.09. The summed E-state index contributed by atoms with van der Waals surface area (Å²) in [5, 5.41) is 0. The van der Waals surface area contributed by atoms with E-state index < -0.39 is 15.4 Å². The fourth-order valence-corrected chi connectivity index (χ4v) is 6.06. The van der Waals surface area contributed by atoms with Gasteiger partial charge < -0.3 is 9.53 Å². The second-order valence-corrected chi connectivity index (χ2v) is 10.6. The lowest BCUT2D eigenvalue weighted by atomic mass is 9.75. The molecule has 1 saturated heterocycles. The van der Waals surface area contributed by atoms with Gasteiger partial charge >= 0.3 is 0 Å². The number of fused-ring (bicyclic) bond motifs is 2. The monoisotopic (exact) mass is 425 g/mol. The SMILES string of the molecule is COc1ccc(S(=O)(=O)N2CCC3(C=C(C(C)(C)C=O)c4ccccc43)CC2)cc1. The highest BCUT2D eigenvalue weighted by Crippen LogP contribution is 2.51. The molecule has 1 aliphatic carbocycles. The van der Waals surface area contributed by atoms with Crippen molar-refractivity contribution < 1.29 is 17.9 Å². The molecule has 0 saturated carbocycles. The molecule has 0 radical (unpaired) electrons. The fraction of sp³-hybridized carbons (Fsp3) is 0.375. The van der Waals surface area contributed by atoms with Crippen LogP contribution in [0.5, 0.6) is 5.75 Å². The largest absolute Gasteiger partial charge is 0.497 e. The Labute approximate surface area is 178 Å². The molecule has 1 aliphatic heterocycles. The minimum absolute atomic E-state index is 0.224. The number of piperidine rings is 1. The first-order valence-electron chi connectivity index (χ1n) is 10.2. The van der Waals surface area contributed by atoms with E-state index in [1.165, 1.54) is 5.56 Å². The minimum atomic E-state index is -3.56. The van der Waals surface area contributed by atoms with E-state index in [1.807, 2.05) is 26.0 Å². The van der Waals surface area contributed by atoms with Gasteiger partial charge in [-0.3, -0.25) is 0 Å². The van der Waals surface area contributed by atoms with Crippen molar-refractivity contribution >= 4 is 21.9 Å². The number of hydrogen-bond acceptors (Lipinski definition) is 4. The van der Waals surface area contributed by atoms with E-state index in [0.717, 1.165) is 17.4 Å². The van der Waals surface area contributed by atoms with Gasteiger partial charge in [-0.25, -0.2) is 8.42 Å². The number of allylic oxidation sites excluding steroid dienone is 2. The lowest BCUT2D eigenvalue weighted by Crippen LogP contribution is -2.43. The molecule has 30 heavy (non-hydrogen) atoms. The maximum absolute atomic E-state index is 13.1. The number of carbonyl (C=O) groups is 1. The number of methoxy groups -OCH3 is 1. The van der Waals surface area contributed by atoms with Crippen molar-refractivity contribution in [3.63, 3.8) is 0 Å². The van der Waals surface area contributed by atoms with Gasteiger partial charge in [-0.2, -0.15) is 4.31 Å². The summed E-state index contributed by atoms with van der Waals surface area (Å²) in [6.45, 7) is 4.75. The number of hydrogen-bond donors (Lipinski definition) is 0. The molecule has 1 spiro atoms. The van der Waals surface area contributed by atoms with E-state index in [2.05, 4.69) is 18.2 Å². The minimum Gasteiger partial charge on any atom is -0.497 e. The Hall–Kier alpha value is -2.44. The third-order valence-electron chi connectivity index (χ3n) is 6.47. The Kier molecular flexibility index (Phi) is 5.11. The third kappa shape index (κ3) is 3.28.